The van der Waals surface area contributed by atoms with Gasteiger partial charge in [-0.05, 0) is 24.7 Å². The zero-order valence-corrected chi connectivity index (χ0v) is 13.1. The monoisotopic (exact) mass is 315 g/mol. The Labute approximate surface area is 125 Å². The van der Waals surface area contributed by atoms with Gasteiger partial charge in [0.05, 0.1) is 18.1 Å². The van der Waals surface area contributed by atoms with E-state index in [2.05, 4.69) is 5.32 Å². The molecule has 6 nitrogen and oxygen atoms in total. The van der Waals surface area contributed by atoms with Gasteiger partial charge in [0, 0.05) is 13.2 Å². The third kappa shape index (κ3) is 4.33. The summed E-state index contributed by atoms with van der Waals surface area (Å²) in [7, 11) is 0.0513. The first-order chi connectivity index (χ1) is 10.1. The van der Waals surface area contributed by atoms with Gasteiger partial charge in [0.15, 0.2) is 21.3 Å². The number of hydrogen-bond donors (Lipinski definition) is 1. The highest BCUT2D eigenvalue weighted by Crippen LogP contribution is 2.32. The van der Waals surface area contributed by atoms with Crippen molar-refractivity contribution in [1.29, 1.82) is 0 Å². The molecule has 0 amide bonds. The molecule has 0 bridgehead atoms. The summed E-state index contributed by atoms with van der Waals surface area (Å²) >= 11 is 0. The summed E-state index contributed by atoms with van der Waals surface area (Å²) < 4.78 is 39.9. The summed E-state index contributed by atoms with van der Waals surface area (Å²) in [5.41, 5.74) is 0.864. The van der Waals surface area contributed by atoms with Gasteiger partial charge in [-0.25, -0.2) is 8.42 Å². The molecule has 0 aliphatic carbocycles. The van der Waals surface area contributed by atoms with Gasteiger partial charge in [-0.3, -0.25) is 0 Å². The van der Waals surface area contributed by atoms with Gasteiger partial charge in [-0.2, -0.15) is 0 Å². The summed E-state index contributed by atoms with van der Waals surface area (Å²) in [5.74, 6) is 1.40. The van der Waals surface area contributed by atoms with Crippen molar-refractivity contribution in [1.82, 2.24) is 5.32 Å². The molecule has 118 valence electrons. The Balaban J connectivity index is 2.14. The van der Waals surface area contributed by atoms with Crippen LogP contribution in [-0.2, 0) is 14.6 Å². The summed E-state index contributed by atoms with van der Waals surface area (Å²) in [4.78, 5) is 0. The highest BCUT2D eigenvalue weighted by atomic mass is 32.2. The van der Waals surface area contributed by atoms with Crippen molar-refractivity contribution in [2.24, 2.45) is 0 Å². The van der Waals surface area contributed by atoms with Gasteiger partial charge in [0.2, 0.25) is 0 Å². The van der Waals surface area contributed by atoms with E-state index in [4.69, 9.17) is 14.2 Å². The van der Waals surface area contributed by atoms with E-state index in [9.17, 15) is 8.42 Å². The van der Waals surface area contributed by atoms with Crippen LogP contribution in [0.2, 0.25) is 0 Å². The minimum Gasteiger partial charge on any atom is -0.486 e. The first kappa shape index (κ1) is 16.1. The molecule has 0 saturated carbocycles. The van der Waals surface area contributed by atoms with Gasteiger partial charge >= 0.3 is 0 Å². The molecule has 0 saturated heterocycles. The standard InChI is InChI=1S/C14H21NO5S/c1-15-12(10-21(16,17)8-7-18-2)11-3-4-13-14(9-11)20-6-5-19-13/h3-4,9,12,15H,5-8,10H2,1-2H3. The quantitative estimate of drug-likeness (QED) is 0.801. The van der Waals surface area contributed by atoms with Crippen LogP contribution in [0.5, 0.6) is 11.5 Å². The maximum atomic E-state index is 12.0. The molecule has 7 heteroatoms. The van der Waals surface area contributed by atoms with Crippen molar-refractivity contribution >= 4 is 9.84 Å². The Morgan fingerprint density at radius 3 is 2.67 bits per heavy atom. The summed E-state index contributed by atoms with van der Waals surface area (Å²) in [6, 6.07) is 5.22. The first-order valence-corrected chi connectivity index (χ1v) is 8.64. The lowest BCUT2D eigenvalue weighted by Crippen LogP contribution is -2.28. The Hall–Kier alpha value is -1.31. The number of benzene rings is 1. The maximum Gasteiger partial charge on any atom is 0.161 e. The minimum atomic E-state index is -3.18. The van der Waals surface area contributed by atoms with Crippen LogP contribution < -0.4 is 14.8 Å². The third-order valence-electron chi connectivity index (χ3n) is 3.34. The zero-order chi connectivity index (χ0) is 15.3. The van der Waals surface area contributed by atoms with Crippen molar-refractivity contribution in [3.05, 3.63) is 23.8 Å². The summed E-state index contributed by atoms with van der Waals surface area (Å²) in [5, 5.41) is 3.04. The van der Waals surface area contributed by atoms with Crippen LogP contribution in [0.25, 0.3) is 0 Å². The van der Waals surface area contributed by atoms with Crippen molar-refractivity contribution in [3.8, 4) is 11.5 Å². The lowest BCUT2D eigenvalue weighted by Gasteiger charge is -2.22. The molecule has 1 unspecified atom stereocenters. The lowest BCUT2D eigenvalue weighted by molar-refractivity contribution is 0.171. The SMILES string of the molecule is CNC(CS(=O)(=O)CCOC)c1ccc2c(c1)OCCO2. The normalized spacial score (nSPS) is 15.7. The van der Waals surface area contributed by atoms with Crippen molar-refractivity contribution in [2.75, 3.05) is 45.5 Å². The number of ether oxygens (including phenoxy) is 3. The fraction of sp³-hybridized carbons (Fsp3) is 0.571. The molecule has 0 aromatic heterocycles. The maximum absolute atomic E-state index is 12.0. The number of hydrogen-bond acceptors (Lipinski definition) is 6. The average molecular weight is 315 g/mol. The third-order valence-corrected chi connectivity index (χ3v) is 4.97. The molecule has 2 rings (SSSR count). The molecule has 0 spiro atoms. The average Bonchev–Trinajstić information content (AvgIpc) is 2.50. The predicted molar refractivity (Wildman–Crippen MR) is 79.8 cm³/mol. The summed E-state index contributed by atoms with van der Waals surface area (Å²) in [6.45, 7) is 1.25. The van der Waals surface area contributed by atoms with Crippen molar-refractivity contribution in [2.45, 2.75) is 6.04 Å². The Morgan fingerprint density at radius 1 is 1.29 bits per heavy atom. The largest absolute Gasteiger partial charge is 0.486 e. The van der Waals surface area contributed by atoms with Crippen LogP contribution >= 0.6 is 0 Å². The number of fused-ring (bicyclic) bond motifs is 1. The molecule has 0 fully saturated rings. The van der Waals surface area contributed by atoms with E-state index in [1.807, 2.05) is 18.2 Å². The van der Waals surface area contributed by atoms with E-state index < -0.39 is 9.84 Å². The molecule has 1 N–H and O–H groups in total. The number of nitrogens with one attached hydrogen (secondary N) is 1. The highest BCUT2D eigenvalue weighted by molar-refractivity contribution is 7.91. The van der Waals surface area contributed by atoms with Crippen LogP contribution in [0.3, 0.4) is 0 Å². The fourth-order valence-corrected chi connectivity index (χ4v) is 3.62. The van der Waals surface area contributed by atoms with Crippen LogP contribution in [0.1, 0.15) is 11.6 Å². The van der Waals surface area contributed by atoms with Crippen LogP contribution in [-0.4, -0.2) is 53.9 Å². The Morgan fingerprint density at radius 2 is 2.00 bits per heavy atom. The van der Waals surface area contributed by atoms with E-state index in [-0.39, 0.29) is 24.2 Å². The molecule has 1 aromatic carbocycles. The van der Waals surface area contributed by atoms with Gasteiger partial charge < -0.3 is 19.5 Å². The summed E-state index contributed by atoms with van der Waals surface area (Å²) in [6.07, 6.45) is 0. The molecule has 1 aliphatic rings. The lowest BCUT2D eigenvalue weighted by atomic mass is 10.1. The number of rotatable bonds is 7. The first-order valence-electron chi connectivity index (χ1n) is 6.82. The number of methoxy groups -OCH3 is 1. The number of sulfone groups is 1. The zero-order valence-electron chi connectivity index (χ0n) is 12.3. The van der Waals surface area contributed by atoms with E-state index in [0.29, 0.717) is 24.7 Å². The second-order valence-electron chi connectivity index (χ2n) is 4.85. The molecule has 1 aliphatic heterocycles. The van der Waals surface area contributed by atoms with Crippen molar-refractivity contribution < 1.29 is 22.6 Å². The molecule has 0 radical (unpaired) electrons. The van der Waals surface area contributed by atoms with Gasteiger partial charge in [-0.15, -0.1) is 0 Å². The predicted octanol–water partition coefficient (Wildman–Crippen LogP) is 0.780. The molecule has 21 heavy (non-hydrogen) atoms. The van der Waals surface area contributed by atoms with Gasteiger partial charge in [-0.1, -0.05) is 6.07 Å². The fourth-order valence-electron chi connectivity index (χ4n) is 2.17. The van der Waals surface area contributed by atoms with E-state index in [0.717, 1.165) is 5.56 Å². The smallest absolute Gasteiger partial charge is 0.161 e. The molecular weight excluding hydrogens is 294 g/mol. The van der Waals surface area contributed by atoms with Crippen LogP contribution in [0.15, 0.2) is 18.2 Å². The van der Waals surface area contributed by atoms with Crippen LogP contribution in [0, 0.1) is 0 Å². The van der Waals surface area contributed by atoms with E-state index >= 15 is 0 Å². The molecule has 1 heterocycles. The van der Waals surface area contributed by atoms with Crippen molar-refractivity contribution in [3.63, 3.8) is 0 Å². The van der Waals surface area contributed by atoms with Gasteiger partial charge in [0.25, 0.3) is 0 Å². The second kappa shape index (κ2) is 7.11. The van der Waals surface area contributed by atoms with E-state index in [1.165, 1.54) is 7.11 Å². The molecule has 1 aromatic rings. The Bertz CT molecular complexity index is 573. The second-order valence-corrected chi connectivity index (χ2v) is 7.08. The Kier molecular flexibility index (Phi) is 5.44. The highest BCUT2D eigenvalue weighted by Gasteiger charge is 2.21. The minimum absolute atomic E-state index is 0.0201. The molecular formula is C14H21NO5S. The molecule has 1 atom stereocenters. The topological polar surface area (TPSA) is 73.9 Å². The van der Waals surface area contributed by atoms with E-state index in [1.54, 1.807) is 7.05 Å². The van der Waals surface area contributed by atoms with Crippen LogP contribution in [0.4, 0.5) is 0 Å². The van der Waals surface area contributed by atoms with Gasteiger partial charge in [0.1, 0.15) is 13.2 Å².